The van der Waals surface area contributed by atoms with Gasteiger partial charge in [0.05, 0.1) is 23.0 Å². The summed E-state index contributed by atoms with van der Waals surface area (Å²) in [5, 5.41) is 10.9. The number of alkyl halides is 3. The number of rotatable bonds is 7. The fourth-order valence-electron chi connectivity index (χ4n) is 3.12. The predicted octanol–water partition coefficient (Wildman–Crippen LogP) is 5.79. The van der Waals surface area contributed by atoms with Crippen LogP contribution in [0.5, 0.6) is 11.5 Å². The van der Waals surface area contributed by atoms with Crippen LogP contribution < -0.4 is 4.74 Å². The number of hydrogen-bond acceptors (Lipinski definition) is 6. The molecular formula is C22H17BrF3NO5. The standard InChI is InChI=1S/C22H17BrF3NO5/c1-2-31-17(29)11-10-15(28)20-21(30)18(23)14-8-5-7-13(19(14)27-20)12-6-3-4-9-16(12)32-22(24,25)26/h3-9,30H,2,10-11H2,1H3. The third kappa shape index (κ3) is 5.18. The second-order valence-corrected chi connectivity index (χ2v) is 7.39. The van der Waals surface area contributed by atoms with E-state index in [0.29, 0.717) is 5.39 Å². The van der Waals surface area contributed by atoms with E-state index in [1.807, 2.05) is 0 Å². The smallest absolute Gasteiger partial charge is 0.504 e. The number of ketones is 1. The molecule has 2 aromatic carbocycles. The van der Waals surface area contributed by atoms with Gasteiger partial charge in [-0.3, -0.25) is 9.59 Å². The molecule has 0 aliphatic rings. The van der Waals surface area contributed by atoms with E-state index in [-0.39, 0.29) is 46.3 Å². The molecule has 6 nitrogen and oxygen atoms in total. The molecule has 3 rings (SSSR count). The number of pyridine rings is 1. The lowest BCUT2D eigenvalue weighted by Crippen LogP contribution is -2.17. The highest BCUT2D eigenvalue weighted by molar-refractivity contribution is 9.10. The lowest BCUT2D eigenvalue weighted by molar-refractivity contribution is -0.274. The van der Waals surface area contributed by atoms with E-state index in [4.69, 9.17) is 4.74 Å². The minimum absolute atomic E-state index is 0.102. The Morgan fingerprint density at radius 2 is 1.75 bits per heavy atom. The van der Waals surface area contributed by atoms with Crippen molar-refractivity contribution in [1.29, 1.82) is 0 Å². The van der Waals surface area contributed by atoms with E-state index in [1.165, 1.54) is 30.3 Å². The number of aromatic hydroxyl groups is 1. The normalized spacial score (nSPS) is 11.4. The van der Waals surface area contributed by atoms with Crippen LogP contribution in [-0.2, 0) is 9.53 Å². The number of carbonyl (C=O) groups is 2. The van der Waals surface area contributed by atoms with E-state index in [2.05, 4.69) is 25.7 Å². The Labute approximate surface area is 189 Å². The molecule has 0 aliphatic heterocycles. The summed E-state index contributed by atoms with van der Waals surface area (Å²) in [4.78, 5) is 28.5. The van der Waals surface area contributed by atoms with Crippen molar-refractivity contribution in [3.63, 3.8) is 0 Å². The summed E-state index contributed by atoms with van der Waals surface area (Å²) in [5.74, 6) is -2.05. The van der Waals surface area contributed by atoms with Crippen LogP contribution in [0, 0.1) is 0 Å². The van der Waals surface area contributed by atoms with Crippen LogP contribution in [0.2, 0.25) is 0 Å². The zero-order chi connectivity index (χ0) is 23.5. The van der Waals surface area contributed by atoms with Crippen LogP contribution in [-0.4, -0.2) is 34.8 Å². The first-order valence-electron chi connectivity index (χ1n) is 9.47. The number of fused-ring (bicyclic) bond motifs is 1. The highest BCUT2D eigenvalue weighted by Crippen LogP contribution is 2.41. The molecule has 10 heteroatoms. The van der Waals surface area contributed by atoms with Gasteiger partial charge in [-0.25, -0.2) is 4.98 Å². The summed E-state index contributed by atoms with van der Waals surface area (Å²) in [5.41, 5.74) is 0.234. The molecule has 1 heterocycles. The van der Waals surface area contributed by atoms with Crippen molar-refractivity contribution in [2.24, 2.45) is 0 Å². The van der Waals surface area contributed by atoms with Gasteiger partial charge in [0.2, 0.25) is 0 Å². The van der Waals surface area contributed by atoms with Crippen LogP contribution in [0.1, 0.15) is 30.3 Å². The number of Topliss-reactive ketones (excluding diaryl/α,β-unsaturated/α-hetero) is 1. The summed E-state index contributed by atoms with van der Waals surface area (Å²) in [6.07, 6.45) is -5.36. The molecule has 0 radical (unpaired) electrons. The molecule has 0 fully saturated rings. The number of benzene rings is 2. The van der Waals surface area contributed by atoms with Gasteiger partial charge in [0, 0.05) is 22.9 Å². The van der Waals surface area contributed by atoms with Crippen molar-refractivity contribution >= 4 is 38.6 Å². The largest absolute Gasteiger partial charge is 0.573 e. The maximum Gasteiger partial charge on any atom is 0.573 e. The molecule has 1 N–H and O–H groups in total. The predicted molar refractivity (Wildman–Crippen MR) is 113 cm³/mol. The van der Waals surface area contributed by atoms with Crippen molar-refractivity contribution < 1.29 is 37.3 Å². The third-order valence-electron chi connectivity index (χ3n) is 4.46. The molecule has 32 heavy (non-hydrogen) atoms. The summed E-state index contributed by atoms with van der Waals surface area (Å²) >= 11 is 3.23. The van der Waals surface area contributed by atoms with Gasteiger partial charge in [-0.05, 0) is 28.9 Å². The summed E-state index contributed by atoms with van der Waals surface area (Å²) in [6, 6.07) is 10.2. The van der Waals surface area contributed by atoms with Gasteiger partial charge in [-0.2, -0.15) is 0 Å². The summed E-state index contributed by atoms with van der Waals surface area (Å²) in [7, 11) is 0. The number of ether oxygens (including phenoxy) is 2. The Balaban J connectivity index is 2.12. The van der Waals surface area contributed by atoms with E-state index in [0.717, 1.165) is 0 Å². The number of para-hydroxylation sites is 2. The first kappa shape index (κ1) is 23.5. The van der Waals surface area contributed by atoms with Crippen molar-refractivity contribution in [2.75, 3.05) is 6.61 Å². The van der Waals surface area contributed by atoms with Crippen molar-refractivity contribution in [1.82, 2.24) is 4.98 Å². The number of esters is 1. The lowest BCUT2D eigenvalue weighted by Gasteiger charge is -2.15. The van der Waals surface area contributed by atoms with Crippen LogP contribution >= 0.6 is 15.9 Å². The second-order valence-electron chi connectivity index (χ2n) is 6.60. The molecule has 0 aliphatic carbocycles. The fraction of sp³-hybridized carbons (Fsp3) is 0.227. The molecular weight excluding hydrogens is 495 g/mol. The van der Waals surface area contributed by atoms with E-state index in [1.54, 1.807) is 19.1 Å². The van der Waals surface area contributed by atoms with Gasteiger partial charge >= 0.3 is 12.3 Å². The lowest BCUT2D eigenvalue weighted by atomic mass is 10.00. The van der Waals surface area contributed by atoms with Crippen molar-refractivity contribution in [3.8, 4) is 22.6 Å². The summed E-state index contributed by atoms with van der Waals surface area (Å²) < 4.78 is 47.7. The Morgan fingerprint density at radius 3 is 2.44 bits per heavy atom. The first-order valence-corrected chi connectivity index (χ1v) is 10.3. The first-order chi connectivity index (χ1) is 15.1. The van der Waals surface area contributed by atoms with Gasteiger partial charge in [-0.15, -0.1) is 13.2 Å². The zero-order valence-corrected chi connectivity index (χ0v) is 18.3. The number of carbonyl (C=O) groups excluding carboxylic acids is 2. The van der Waals surface area contributed by atoms with Gasteiger partial charge in [0.25, 0.3) is 0 Å². The van der Waals surface area contributed by atoms with E-state index in [9.17, 15) is 27.9 Å². The van der Waals surface area contributed by atoms with Crippen LogP contribution in [0.4, 0.5) is 13.2 Å². The van der Waals surface area contributed by atoms with E-state index >= 15 is 0 Å². The second kappa shape index (κ2) is 9.56. The molecule has 0 amide bonds. The number of halogens is 4. The maximum atomic E-state index is 12.9. The molecule has 0 bridgehead atoms. The number of hydrogen-bond donors (Lipinski definition) is 1. The average Bonchev–Trinajstić information content (AvgIpc) is 2.74. The van der Waals surface area contributed by atoms with Crippen LogP contribution in [0.25, 0.3) is 22.0 Å². The molecule has 1 aromatic heterocycles. The summed E-state index contributed by atoms with van der Waals surface area (Å²) in [6.45, 7) is 1.80. The highest BCUT2D eigenvalue weighted by atomic mass is 79.9. The van der Waals surface area contributed by atoms with E-state index < -0.39 is 29.6 Å². The Morgan fingerprint density at radius 1 is 1.06 bits per heavy atom. The minimum Gasteiger partial charge on any atom is -0.504 e. The topological polar surface area (TPSA) is 85.7 Å². The number of aromatic nitrogens is 1. The molecule has 0 spiro atoms. The van der Waals surface area contributed by atoms with Gasteiger partial charge in [0.1, 0.15) is 11.4 Å². The fourth-order valence-corrected chi connectivity index (χ4v) is 3.63. The van der Waals surface area contributed by atoms with Crippen LogP contribution in [0.3, 0.4) is 0 Å². The van der Waals surface area contributed by atoms with Crippen LogP contribution in [0.15, 0.2) is 46.9 Å². The van der Waals surface area contributed by atoms with Gasteiger partial charge < -0.3 is 14.6 Å². The van der Waals surface area contributed by atoms with Crippen molar-refractivity contribution in [2.45, 2.75) is 26.1 Å². The Hall–Kier alpha value is -3.14. The molecule has 3 aromatic rings. The average molecular weight is 512 g/mol. The maximum absolute atomic E-state index is 12.9. The third-order valence-corrected chi connectivity index (χ3v) is 5.26. The zero-order valence-electron chi connectivity index (χ0n) is 16.7. The molecule has 0 saturated heterocycles. The molecule has 0 unspecified atom stereocenters. The highest BCUT2D eigenvalue weighted by Gasteiger charge is 2.32. The van der Waals surface area contributed by atoms with Gasteiger partial charge in [-0.1, -0.05) is 36.4 Å². The SMILES string of the molecule is CCOC(=O)CCC(=O)c1nc2c(-c3ccccc3OC(F)(F)F)cccc2c(Br)c1O. The minimum atomic E-state index is -4.90. The molecule has 0 atom stereocenters. The Kier molecular flexibility index (Phi) is 7.02. The van der Waals surface area contributed by atoms with Gasteiger partial charge in [0.15, 0.2) is 11.5 Å². The monoisotopic (exact) mass is 511 g/mol. The molecule has 168 valence electrons. The number of nitrogens with zero attached hydrogens (tertiary/aromatic N) is 1. The Bertz CT molecular complexity index is 1180. The molecule has 0 saturated carbocycles. The van der Waals surface area contributed by atoms with Crippen molar-refractivity contribution in [3.05, 3.63) is 52.6 Å². The quantitative estimate of drug-likeness (QED) is 0.319.